The minimum atomic E-state index is -0.208. The van der Waals surface area contributed by atoms with Gasteiger partial charge in [0.2, 0.25) is 0 Å². The molecule has 9 heteroatoms. The summed E-state index contributed by atoms with van der Waals surface area (Å²) in [4.78, 5) is 36.1. The summed E-state index contributed by atoms with van der Waals surface area (Å²) in [6, 6.07) is 11.2. The van der Waals surface area contributed by atoms with Crippen molar-refractivity contribution >= 4 is 11.8 Å². The van der Waals surface area contributed by atoms with Crippen LogP contribution in [0.15, 0.2) is 55.0 Å². The molecule has 0 radical (unpaired) electrons. The Morgan fingerprint density at radius 3 is 2.50 bits per heavy atom. The van der Waals surface area contributed by atoms with Crippen molar-refractivity contribution in [2.45, 2.75) is 13.5 Å². The number of ketones is 1. The highest BCUT2D eigenvalue weighted by molar-refractivity contribution is 5.92. The van der Waals surface area contributed by atoms with Crippen LogP contribution < -0.4 is 4.74 Å². The fourth-order valence-corrected chi connectivity index (χ4v) is 3.27. The Balaban J connectivity index is 1.32. The molecule has 1 aromatic carbocycles. The van der Waals surface area contributed by atoms with Crippen molar-refractivity contribution in [1.29, 1.82) is 0 Å². The Morgan fingerprint density at radius 2 is 1.80 bits per heavy atom. The van der Waals surface area contributed by atoms with Crippen molar-refractivity contribution in [2.24, 2.45) is 0 Å². The van der Waals surface area contributed by atoms with E-state index in [-0.39, 0.29) is 11.8 Å². The van der Waals surface area contributed by atoms with Crippen LogP contribution >= 0.6 is 0 Å². The number of Topliss-reactive ketones (excluding diaryl/α,β-unsaturated/α-hetero) is 1. The van der Waals surface area contributed by atoms with Gasteiger partial charge in [-0.1, -0.05) is 12.1 Å². The highest BCUT2D eigenvalue weighted by Gasteiger charge is 2.23. The van der Waals surface area contributed by atoms with Gasteiger partial charge in [-0.2, -0.15) is 9.78 Å². The summed E-state index contributed by atoms with van der Waals surface area (Å²) in [5, 5.41) is 4.05. The van der Waals surface area contributed by atoms with E-state index in [2.05, 4.69) is 20.0 Å². The number of aromatic nitrogens is 4. The van der Waals surface area contributed by atoms with Crippen LogP contribution in [0.1, 0.15) is 23.0 Å². The number of nitrogens with zero attached hydrogens (tertiary/aromatic N) is 6. The lowest BCUT2D eigenvalue weighted by Gasteiger charge is -2.34. The van der Waals surface area contributed by atoms with Crippen LogP contribution in [-0.2, 0) is 6.54 Å². The fraction of sp³-hybridized carbons (Fsp3) is 0.286. The molecule has 0 bridgehead atoms. The minimum Gasteiger partial charge on any atom is -0.424 e. The first-order valence-corrected chi connectivity index (χ1v) is 9.70. The summed E-state index contributed by atoms with van der Waals surface area (Å²) in [6.45, 7) is 4.89. The molecule has 154 valence electrons. The first kappa shape index (κ1) is 19.7. The van der Waals surface area contributed by atoms with E-state index in [0.717, 1.165) is 25.2 Å². The molecule has 3 aromatic rings. The van der Waals surface area contributed by atoms with E-state index in [4.69, 9.17) is 4.74 Å². The first-order valence-electron chi connectivity index (χ1n) is 9.70. The van der Waals surface area contributed by atoms with Crippen LogP contribution in [0.25, 0.3) is 0 Å². The summed E-state index contributed by atoms with van der Waals surface area (Å²) < 4.78 is 6.93. The molecule has 0 N–H and O–H groups in total. The number of piperazine rings is 1. The van der Waals surface area contributed by atoms with E-state index in [1.54, 1.807) is 29.4 Å². The van der Waals surface area contributed by atoms with Gasteiger partial charge in [-0.15, -0.1) is 0 Å². The van der Waals surface area contributed by atoms with Crippen molar-refractivity contribution in [3.8, 4) is 11.8 Å². The smallest absolute Gasteiger partial charge is 0.344 e. The molecule has 1 aliphatic heterocycles. The van der Waals surface area contributed by atoms with Gasteiger partial charge in [0.05, 0.1) is 0 Å². The first-order chi connectivity index (χ1) is 14.6. The number of rotatable bonds is 5. The summed E-state index contributed by atoms with van der Waals surface area (Å²) in [7, 11) is 0. The normalized spacial score (nSPS) is 14.5. The van der Waals surface area contributed by atoms with Crippen LogP contribution in [0.5, 0.6) is 11.8 Å². The second kappa shape index (κ2) is 8.83. The topological polar surface area (TPSA) is 93.5 Å². The second-order valence-electron chi connectivity index (χ2n) is 7.03. The van der Waals surface area contributed by atoms with E-state index in [1.807, 2.05) is 24.3 Å². The van der Waals surface area contributed by atoms with Gasteiger partial charge < -0.3 is 9.64 Å². The zero-order chi connectivity index (χ0) is 20.9. The average Bonchev–Trinajstić information content (AvgIpc) is 3.26. The van der Waals surface area contributed by atoms with Crippen molar-refractivity contribution < 1.29 is 14.3 Å². The maximum Gasteiger partial charge on any atom is 0.344 e. The van der Waals surface area contributed by atoms with Gasteiger partial charge in [-0.25, -0.2) is 14.8 Å². The van der Waals surface area contributed by atoms with Crippen LogP contribution in [0.4, 0.5) is 4.79 Å². The number of carbonyl (C=O) groups is 2. The van der Waals surface area contributed by atoms with Gasteiger partial charge in [0.1, 0.15) is 11.4 Å². The Hall–Kier alpha value is -3.59. The van der Waals surface area contributed by atoms with Crippen LogP contribution in [0, 0.1) is 0 Å². The molecule has 3 heterocycles. The number of carbonyl (C=O) groups excluding carboxylic acids is 2. The number of ether oxygens (including phenoxy) is 1. The van der Waals surface area contributed by atoms with Gasteiger partial charge in [0.15, 0.2) is 5.78 Å². The van der Waals surface area contributed by atoms with E-state index in [1.165, 1.54) is 17.8 Å². The van der Waals surface area contributed by atoms with Crippen LogP contribution in [-0.4, -0.2) is 67.5 Å². The molecule has 0 aliphatic carbocycles. The lowest BCUT2D eigenvalue weighted by atomic mass is 10.2. The molecule has 0 spiro atoms. The zero-order valence-electron chi connectivity index (χ0n) is 16.6. The Labute approximate surface area is 173 Å². The molecule has 0 saturated carbocycles. The summed E-state index contributed by atoms with van der Waals surface area (Å²) in [6.07, 6.45) is 4.81. The second-order valence-corrected chi connectivity index (χ2v) is 7.03. The molecular formula is C21H22N6O3. The van der Waals surface area contributed by atoms with Gasteiger partial charge in [-0.05, 0) is 29.8 Å². The summed E-state index contributed by atoms with van der Waals surface area (Å²) in [5.74, 6) is 0.531. The molecule has 1 aliphatic rings. The molecule has 9 nitrogen and oxygen atoms in total. The van der Waals surface area contributed by atoms with E-state index >= 15 is 0 Å². The Kier molecular flexibility index (Phi) is 5.80. The van der Waals surface area contributed by atoms with Crippen molar-refractivity contribution in [3.05, 3.63) is 66.2 Å². The SMILES string of the molecule is CC(=O)c1ccn(C(=O)N2CCN(Cc3cccc(Oc4ncccn4)c3)CC2)n1. The highest BCUT2D eigenvalue weighted by atomic mass is 16.5. The van der Waals surface area contributed by atoms with Gasteiger partial charge in [0.25, 0.3) is 0 Å². The molecular weight excluding hydrogens is 384 g/mol. The van der Waals surface area contributed by atoms with Crippen molar-refractivity contribution in [1.82, 2.24) is 29.5 Å². The number of hydrogen-bond donors (Lipinski definition) is 0. The van der Waals surface area contributed by atoms with E-state index < -0.39 is 0 Å². The molecule has 0 unspecified atom stereocenters. The summed E-state index contributed by atoms with van der Waals surface area (Å²) >= 11 is 0. The van der Waals surface area contributed by atoms with E-state index in [0.29, 0.717) is 30.5 Å². The number of hydrogen-bond acceptors (Lipinski definition) is 7. The lowest BCUT2D eigenvalue weighted by Crippen LogP contribution is -2.49. The van der Waals surface area contributed by atoms with Crippen molar-refractivity contribution in [2.75, 3.05) is 26.2 Å². The maximum atomic E-state index is 12.6. The lowest BCUT2D eigenvalue weighted by molar-refractivity contribution is 0.101. The van der Waals surface area contributed by atoms with Gasteiger partial charge in [0, 0.05) is 58.2 Å². The standard InChI is InChI=1S/C21H22N6O3/c1-16(28)19-6-9-27(24-19)21(29)26-12-10-25(11-13-26)15-17-4-2-5-18(14-17)30-20-22-7-3-8-23-20/h2-9,14H,10-13,15H2,1H3. The van der Waals surface area contributed by atoms with Crippen LogP contribution in [0.2, 0.25) is 0 Å². The minimum absolute atomic E-state index is 0.156. The highest BCUT2D eigenvalue weighted by Crippen LogP contribution is 2.20. The maximum absolute atomic E-state index is 12.6. The average molecular weight is 406 g/mol. The Bertz CT molecular complexity index is 1030. The predicted octanol–water partition coefficient (Wildman–Crippen LogP) is 2.45. The quantitative estimate of drug-likeness (QED) is 0.601. The molecule has 0 atom stereocenters. The largest absolute Gasteiger partial charge is 0.424 e. The van der Waals surface area contributed by atoms with E-state index in [9.17, 15) is 9.59 Å². The molecule has 1 amide bonds. The molecule has 1 fully saturated rings. The molecule has 4 rings (SSSR count). The molecule has 2 aromatic heterocycles. The number of benzene rings is 1. The van der Waals surface area contributed by atoms with Crippen molar-refractivity contribution in [3.63, 3.8) is 0 Å². The summed E-state index contributed by atoms with van der Waals surface area (Å²) in [5.41, 5.74) is 1.41. The molecule has 30 heavy (non-hydrogen) atoms. The third kappa shape index (κ3) is 4.69. The third-order valence-electron chi connectivity index (χ3n) is 4.84. The molecule has 1 saturated heterocycles. The van der Waals surface area contributed by atoms with Gasteiger partial charge in [-0.3, -0.25) is 9.69 Å². The van der Waals surface area contributed by atoms with Gasteiger partial charge >= 0.3 is 12.0 Å². The third-order valence-corrected chi connectivity index (χ3v) is 4.84. The monoisotopic (exact) mass is 406 g/mol. The predicted molar refractivity (Wildman–Crippen MR) is 108 cm³/mol. The zero-order valence-corrected chi connectivity index (χ0v) is 16.6. The number of amides is 1. The Morgan fingerprint density at radius 1 is 1.03 bits per heavy atom. The fourth-order valence-electron chi connectivity index (χ4n) is 3.27. The van der Waals surface area contributed by atoms with Crippen LogP contribution in [0.3, 0.4) is 0 Å².